The second-order valence-corrected chi connectivity index (χ2v) is 9.85. The minimum atomic E-state index is -3.59. The average Bonchev–Trinajstić information content (AvgIpc) is 2.83. The van der Waals surface area contributed by atoms with Crippen LogP contribution in [0.15, 0.2) is 65.6 Å². The number of hydrogen-bond acceptors (Lipinski definition) is 5. The predicted molar refractivity (Wildman–Crippen MR) is 126 cm³/mol. The Hall–Kier alpha value is -3.36. The maximum Gasteiger partial charge on any atom is 0.255 e. The fraction of sp³-hybridized carbons (Fsp3) is 0.240. The normalized spacial score (nSPS) is 13.8. The third-order valence-corrected chi connectivity index (χ3v) is 7.61. The molecule has 33 heavy (non-hydrogen) atoms. The Balaban J connectivity index is 1.53. The first-order chi connectivity index (χ1) is 15.8. The fourth-order valence-corrected chi connectivity index (χ4v) is 5.27. The Morgan fingerprint density at radius 1 is 0.909 bits per heavy atom. The molecule has 0 spiro atoms. The molecule has 7 nitrogen and oxygen atoms in total. The van der Waals surface area contributed by atoms with Gasteiger partial charge in [0, 0.05) is 24.3 Å². The summed E-state index contributed by atoms with van der Waals surface area (Å²) < 4.78 is 38.2. The molecule has 0 atom stereocenters. The van der Waals surface area contributed by atoms with Gasteiger partial charge < -0.3 is 14.8 Å². The summed E-state index contributed by atoms with van der Waals surface area (Å²) in [7, 11) is -0.546. The van der Waals surface area contributed by atoms with E-state index >= 15 is 0 Å². The molecule has 0 radical (unpaired) electrons. The number of fused-ring (bicyclic) bond motifs is 1. The zero-order valence-electron chi connectivity index (χ0n) is 18.8. The maximum atomic E-state index is 13.1. The van der Waals surface area contributed by atoms with Gasteiger partial charge >= 0.3 is 0 Å². The van der Waals surface area contributed by atoms with Gasteiger partial charge in [0.2, 0.25) is 10.0 Å². The van der Waals surface area contributed by atoms with E-state index in [1.165, 1.54) is 18.5 Å². The van der Waals surface area contributed by atoms with E-state index in [1.54, 1.807) is 42.5 Å². The number of ether oxygens (including phenoxy) is 2. The highest BCUT2D eigenvalue weighted by molar-refractivity contribution is 7.89. The van der Waals surface area contributed by atoms with Crippen molar-refractivity contribution in [3.05, 3.63) is 82.9 Å². The number of aryl methyl sites for hydroxylation is 1. The second-order valence-electron chi connectivity index (χ2n) is 7.91. The van der Waals surface area contributed by atoms with Crippen LogP contribution >= 0.6 is 0 Å². The average molecular weight is 467 g/mol. The van der Waals surface area contributed by atoms with Crippen molar-refractivity contribution >= 4 is 21.6 Å². The van der Waals surface area contributed by atoms with Gasteiger partial charge in [0.25, 0.3) is 5.91 Å². The Bertz CT molecular complexity index is 1290. The minimum absolute atomic E-state index is 0.256. The first kappa shape index (κ1) is 22.8. The molecule has 1 aliphatic rings. The van der Waals surface area contributed by atoms with E-state index in [2.05, 4.69) is 5.32 Å². The van der Waals surface area contributed by atoms with Crippen molar-refractivity contribution in [2.75, 3.05) is 26.1 Å². The monoisotopic (exact) mass is 466 g/mol. The third-order valence-electron chi connectivity index (χ3n) is 5.75. The lowest BCUT2D eigenvalue weighted by molar-refractivity contribution is 0.102. The number of benzene rings is 3. The van der Waals surface area contributed by atoms with Crippen LogP contribution in [0.25, 0.3) is 0 Å². The smallest absolute Gasteiger partial charge is 0.255 e. The number of nitrogens with one attached hydrogen (secondary N) is 1. The van der Waals surface area contributed by atoms with E-state index in [-0.39, 0.29) is 17.3 Å². The van der Waals surface area contributed by atoms with E-state index < -0.39 is 10.0 Å². The van der Waals surface area contributed by atoms with Gasteiger partial charge in [-0.25, -0.2) is 8.42 Å². The summed E-state index contributed by atoms with van der Waals surface area (Å²) >= 11 is 0. The summed E-state index contributed by atoms with van der Waals surface area (Å²) in [4.78, 5) is 13.1. The lowest BCUT2D eigenvalue weighted by Gasteiger charge is -2.28. The molecule has 0 bridgehead atoms. The molecule has 8 heteroatoms. The number of amides is 1. The van der Waals surface area contributed by atoms with Crippen LogP contribution in [-0.2, 0) is 23.0 Å². The van der Waals surface area contributed by atoms with Crippen LogP contribution in [0.5, 0.6) is 11.5 Å². The second kappa shape index (κ2) is 9.25. The first-order valence-electron chi connectivity index (χ1n) is 10.5. The zero-order valence-corrected chi connectivity index (χ0v) is 19.6. The number of anilines is 1. The van der Waals surface area contributed by atoms with E-state index in [0.29, 0.717) is 35.7 Å². The molecule has 1 heterocycles. The van der Waals surface area contributed by atoms with Crippen LogP contribution < -0.4 is 14.8 Å². The van der Waals surface area contributed by atoms with E-state index in [4.69, 9.17) is 9.47 Å². The molecule has 0 aliphatic carbocycles. The molecule has 0 saturated carbocycles. The van der Waals surface area contributed by atoms with E-state index in [0.717, 1.165) is 16.7 Å². The summed E-state index contributed by atoms with van der Waals surface area (Å²) in [6.45, 7) is 2.59. The molecule has 4 rings (SSSR count). The molecule has 0 fully saturated rings. The van der Waals surface area contributed by atoms with Crippen molar-refractivity contribution in [2.24, 2.45) is 0 Å². The number of nitrogens with zero attached hydrogens (tertiary/aromatic N) is 1. The van der Waals surface area contributed by atoms with Crippen LogP contribution in [0, 0.1) is 6.92 Å². The zero-order chi connectivity index (χ0) is 23.6. The van der Waals surface area contributed by atoms with Gasteiger partial charge in [-0.2, -0.15) is 4.31 Å². The lowest BCUT2D eigenvalue weighted by Crippen LogP contribution is -2.36. The summed E-state index contributed by atoms with van der Waals surface area (Å²) in [5.74, 6) is 0.709. The van der Waals surface area contributed by atoms with Crippen molar-refractivity contribution in [2.45, 2.75) is 24.8 Å². The topological polar surface area (TPSA) is 84.9 Å². The van der Waals surface area contributed by atoms with Crippen molar-refractivity contribution < 1.29 is 22.7 Å². The predicted octanol–water partition coefficient (Wildman–Crippen LogP) is 4.01. The molecule has 1 N–H and O–H groups in total. The van der Waals surface area contributed by atoms with Crippen molar-refractivity contribution in [1.29, 1.82) is 0 Å². The molecule has 1 aliphatic heterocycles. The summed E-state index contributed by atoms with van der Waals surface area (Å²) in [5.41, 5.74) is 3.99. The van der Waals surface area contributed by atoms with Crippen molar-refractivity contribution in [3.8, 4) is 11.5 Å². The van der Waals surface area contributed by atoms with Crippen LogP contribution in [0.2, 0.25) is 0 Å². The molecule has 0 unspecified atom stereocenters. The number of rotatable bonds is 6. The largest absolute Gasteiger partial charge is 0.493 e. The quantitative estimate of drug-likeness (QED) is 0.593. The Morgan fingerprint density at radius 3 is 2.33 bits per heavy atom. The summed E-state index contributed by atoms with van der Waals surface area (Å²) in [5, 5.41) is 2.89. The van der Waals surface area contributed by atoms with Gasteiger partial charge in [-0.1, -0.05) is 23.8 Å². The third kappa shape index (κ3) is 4.72. The molecule has 0 aromatic heterocycles. The van der Waals surface area contributed by atoms with Gasteiger partial charge in [0.1, 0.15) is 0 Å². The number of carbonyl (C=O) groups excluding carboxylic acids is 1. The lowest BCUT2D eigenvalue weighted by atomic mass is 10.0. The van der Waals surface area contributed by atoms with Gasteiger partial charge in [-0.15, -0.1) is 0 Å². The number of carbonyl (C=O) groups is 1. The molecular formula is C25H26N2O5S. The molecule has 172 valence electrons. The van der Waals surface area contributed by atoms with E-state index in [1.807, 2.05) is 25.1 Å². The highest BCUT2D eigenvalue weighted by Crippen LogP contribution is 2.29. The first-order valence-corrected chi connectivity index (χ1v) is 12.0. The Morgan fingerprint density at radius 2 is 1.64 bits per heavy atom. The van der Waals surface area contributed by atoms with E-state index in [9.17, 15) is 13.2 Å². The maximum absolute atomic E-state index is 13.1. The number of methoxy groups -OCH3 is 2. The van der Waals surface area contributed by atoms with Gasteiger partial charge in [0.15, 0.2) is 11.5 Å². The molecule has 0 saturated heterocycles. The van der Waals surface area contributed by atoms with Crippen LogP contribution in [0.3, 0.4) is 0 Å². The number of sulfonamides is 1. The Labute approximate surface area is 194 Å². The highest BCUT2D eigenvalue weighted by atomic mass is 32.2. The standard InChI is InChI=1S/C25H26N2O5S/c1-17-4-9-22(10-5-17)33(29,30)27-13-12-18-6-8-21(14-20(18)16-27)26-25(28)19-7-11-23(31-2)24(15-19)32-3/h4-11,14-15H,12-13,16H2,1-3H3,(H,26,28). The fourth-order valence-electron chi connectivity index (χ4n) is 3.85. The Kier molecular flexibility index (Phi) is 6.40. The molecule has 1 amide bonds. The van der Waals surface area contributed by atoms with Crippen LogP contribution in [0.4, 0.5) is 5.69 Å². The molecule has 3 aromatic rings. The highest BCUT2D eigenvalue weighted by Gasteiger charge is 2.28. The van der Waals surface area contributed by atoms with Crippen molar-refractivity contribution in [1.82, 2.24) is 4.31 Å². The van der Waals surface area contributed by atoms with Crippen LogP contribution in [0.1, 0.15) is 27.0 Å². The SMILES string of the molecule is COc1ccc(C(=O)Nc2ccc3c(c2)CN(S(=O)(=O)c2ccc(C)cc2)CC3)cc1OC. The van der Waals surface area contributed by atoms with Gasteiger partial charge in [-0.3, -0.25) is 4.79 Å². The van der Waals surface area contributed by atoms with Gasteiger partial charge in [-0.05, 0) is 66.9 Å². The van der Waals surface area contributed by atoms with Crippen LogP contribution in [-0.4, -0.2) is 39.4 Å². The molecule has 3 aromatic carbocycles. The minimum Gasteiger partial charge on any atom is -0.493 e. The molecular weight excluding hydrogens is 440 g/mol. The summed E-state index contributed by atoms with van der Waals surface area (Å²) in [6.07, 6.45) is 0.615. The summed E-state index contributed by atoms with van der Waals surface area (Å²) in [6, 6.07) is 17.4. The number of hydrogen-bond donors (Lipinski definition) is 1. The van der Waals surface area contributed by atoms with Gasteiger partial charge in [0.05, 0.1) is 19.1 Å². The van der Waals surface area contributed by atoms with Crippen molar-refractivity contribution in [3.63, 3.8) is 0 Å².